The Kier molecular flexibility index (Phi) is 1.51. The molecule has 0 spiro atoms. The third kappa shape index (κ3) is 0.993. The number of nitrogens with zero attached hydrogens (tertiary/aromatic N) is 1. The third-order valence-electron chi connectivity index (χ3n) is 2.54. The summed E-state index contributed by atoms with van der Waals surface area (Å²) in [6.07, 6.45) is 4.24. The number of hydrogen-bond acceptors (Lipinski definition) is 3. The summed E-state index contributed by atoms with van der Waals surface area (Å²) in [5.41, 5.74) is 7.99. The van der Waals surface area contributed by atoms with Crippen LogP contribution in [0.5, 0.6) is 0 Å². The highest BCUT2D eigenvalue weighted by Crippen LogP contribution is 2.52. The van der Waals surface area contributed by atoms with Gasteiger partial charge in [-0.25, -0.2) is 0 Å². The van der Waals surface area contributed by atoms with Crippen molar-refractivity contribution in [2.24, 2.45) is 11.7 Å². The van der Waals surface area contributed by atoms with Crippen LogP contribution < -0.4 is 5.73 Å². The maximum absolute atomic E-state index is 6.14. The van der Waals surface area contributed by atoms with Crippen LogP contribution in [0.25, 0.3) is 0 Å². The van der Waals surface area contributed by atoms with E-state index in [2.05, 4.69) is 11.9 Å². The molecular formula is C8H12N2S. The summed E-state index contributed by atoms with van der Waals surface area (Å²) in [6, 6.07) is 0. The van der Waals surface area contributed by atoms with Crippen LogP contribution >= 0.6 is 11.3 Å². The average molecular weight is 168 g/mol. The lowest BCUT2D eigenvalue weighted by atomic mass is 10.1. The first-order valence-electron chi connectivity index (χ1n) is 3.95. The molecule has 0 radical (unpaired) electrons. The molecule has 3 heteroatoms. The van der Waals surface area contributed by atoms with Crippen LogP contribution in [0.2, 0.25) is 0 Å². The van der Waals surface area contributed by atoms with E-state index in [1.165, 1.54) is 11.3 Å². The zero-order valence-electron chi connectivity index (χ0n) is 6.58. The molecule has 1 aliphatic carbocycles. The summed E-state index contributed by atoms with van der Waals surface area (Å²) in [6.45, 7) is 2.19. The van der Waals surface area contributed by atoms with Crippen molar-refractivity contribution in [3.05, 3.63) is 16.6 Å². The molecule has 11 heavy (non-hydrogen) atoms. The van der Waals surface area contributed by atoms with Crippen molar-refractivity contribution in [2.75, 3.05) is 0 Å². The minimum absolute atomic E-state index is 0.00405. The Morgan fingerprint density at radius 2 is 2.73 bits per heavy atom. The minimum atomic E-state index is -0.00405. The molecule has 1 fully saturated rings. The molecule has 1 aromatic heterocycles. The molecule has 2 nitrogen and oxygen atoms in total. The van der Waals surface area contributed by atoms with Gasteiger partial charge in [-0.3, -0.25) is 4.98 Å². The Hall–Kier alpha value is -0.410. The highest BCUT2D eigenvalue weighted by atomic mass is 32.1. The van der Waals surface area contributed by atoms with E-state index in [9.17, 15) is 0 Å². The Morgan fingerprint density at radius 1 is 1.91 bits per heavy atom. The van der Waals surface area contributed by atoms with Crippen LogP contribution in [0.3, 0.4) is 0 Å². The van der Waals surface area contributed by atoms with Gasteiger partial charge in [-0.1, -0.05) is 13.3 Å². The predicted molar refractivity (Wildman–Crippen MR) is 46.4 cm³/mol. The molecule has 2 unspecified atom stereocenters. The maximum Gasteiger partial charge on any atom is 0.0794 e. The van der Waals surface area contributed by atoms with Gasteiger partial charge in [0.1, 0.15) is 0 Å². The van der Waals surface area contributed by atoms with Crippen molar-refractivity contribution in [3.63, 3.8) is 0 Å². The normalized spacial score (nSPS) is 35.6. The first-order chi connectivity index (χ1) is 5.27. The van der Waals surface area contributed by atoms with Crippen LogP contribution in [-0.2, 0) is 5.54 Å². The Bertz CT molecular complexity index is 245. The van der Waals surface area contributed by atoms with Gasteiger partial charge >= 0.3 is 0 Å². The Morgan fingerprint density at radius 3 is 3.18 bits per heavy atom. The molecule has 60 valence electrons. The van der Waals surface area contributed by atoms with Crippen molar-refractivity contribution in [1.82, 2.24) is 4.98 Å². The second-order valence-electron chi connectivity index (χ2n) is 3.22. The Labute approximate surface area is 70.5 Å². The van der Waals surface area contributed by atoms with Crippen molar-refractivity contribution in [3.8, 4) is 0 Å². The van der Waals surface area contributed by atoms with E-state index >= 15 is 0 Å². The van der Waals surface area contributed by atoms with E-state index < -0.39 is 0 Å². The van der Waals surface area contributed by atoms with E-state index in [0.29, 0.717) is 5.92 Å². The minimum Gasteiger partial charge on any atom is -0.320 e. The summed E-state index contributed by atoms with van der Waals surface area (Å²) in [5, 5.41) is 0. The summed E-state index contributed by atoms with van der Waals surface area (Å²) >= 11 is 1.68. The summed E-state index contributed by atoms with van der Waals surface area (Å²) in [4.78, 5) is 5.29. The van der Waals surface area contributed by atoms with Gasteiger partial charge in [0.15, 0.2) is 0 Å². The fourth-order valence-corrected chi connectivity index (χ4v) is 2.43. The molecule has 0 aliphatic heterocycles. The van der Waals surface area contributed by atoms with Gasteiger partial charge in [-0.15, -0.1) is 11.3 Å². The van der Waals surface area contributed by atoms with E-state index in [1.807, 2.05) is 11.7 Å². The van der Waals surface area contributed by atoms with Crippen molar-refractivity contribution >= 4 is 11.3 Å². The molecule has 1 aromatic rings. The molecule has 0 saturated heterocycles. The molecule has 1 heterocycles. The van der Waals surface area contributed by atoms with Crippen LogP contribution in [0, 0.1) is 5.92 Å². The SMILES string of the molecule is CCC1CC1(N)c1cncs1. The molecule has 0 bridgehead atoms. The second kappa shape index (κ2) is 2.29. The zero-order chi connectivity index (χ0) is 7.90. The largest absolute Gasteiger partial charge is 0.320 e. The summed E-state index contributed by atoms with van der Waals surface area (Å²) in [7, 11) is 0. The molecular weight excluding hydrogens is 156 g/mol. The lowest BCUT2D eigenvalue weighted by molar-refractivity contribution is 0.624. The van der Waals surface area contributed by atoms with Crippen molar-refractivity contribution in [2.45, 2.75) is 25.3 Å². The monoisotopic (exact) mass is 168 g/mol. The average Bonchev–Trinajstić information content (AvgIpc) is 2.55. The number of thiazole rings is 1. The fourth-order valence-electron chi connectivity index (χ4n) is 1.60. The molecule has 1 aliphatic rings. The van der Waals surface area contributed by atoms with Gasteiger partial charge < -0.3 is 5.73 Å². The highest BCUT2D eigenvalue weighted by molar-refractivity contribution is 7.09. The van der Waals surface area contributed by atoms with Gasteiger partial charge in [0.2, 0.25) is 0 Å². The van der Waals surface area contributed by atoms with Crippen molar-refractivity contribution in [1.29, 1.82) is 0 Å². The van der Waals surface area contributed by atoms with E-state index in [-0.39, 0.29) is 5.54 Å². The van der Waals surface area contributed by atoms with Crippen LogP contribution in [0.1, 0.15) is 24.6 Å². The number of hydrogen-bond donors (Lipinski definition) is 1. The van der Waals surface area contributed by atoms with Gasteiger partial charge in [0.05, 0.1) is 11.0 Å². The number of nitrogens with two attached hydrogens (primary N) is 1. The van der Waals surface area contributed by atoms with E-state index in [0.717, 1.165) is 6.42 Å². The van der Waals surface area contributed by atoms with Crippen LogP contribution in [0.15, 0.2) is 11.7 Å². The first kappa shape index (κ1) is 7.25. The molecule has 0 aromatic carbocycles. The van der Waals surface area contributed by atoms with Gasteiger partial charge in [-0.05, 0) is 12.3 Å². The summed E-state index contributed by atoms with van der Waals surface area (Å²) < 4.78 is 0. The van der Waals surface area contributed by atoms with Crippen LogP contribution in [-0.4, -0.2) is 4.98 Å². The van der Waals surface area contributed by atoms with Gasteiger partial charge in [0, 0.05) is 11.1 Å². The molecule has 2 N–H and O–H groups in total. The molecule has 2 rings (SSSR count). The molecule has 0 amide bonds. The maximum atomic E-state index is 6.14. The van der Waals surface area contributed by atoms with Crippen LogP contribution in [0.4, 0.5) is 0 Å². The quantitative estimate of drug-likeness (QED) is 0.730. The lowest BCUT2D eigenvalue weighted by Crippen LogP contribution is -2.20. The predicted octanol–water partition coefficient (Wildman–Crippen LogP) is 1.73. The third-order valence-corrected chi connectivity index (χ3v) is 3.50. The first-order valence-corrected chi connectivity index (χ1v) is 4.83. The van der Waals surface area contributed by atoms with E-state index in [4.69, 9.17) is 5.73 Å². The fraction of sp³-hybridized carbons (Fsp3) is 0.625. The van der Waals surface area contributed by atoms with Crippen molar-refractivity contribution < 1.29 is 0 Å². The number of rotatable bonds is 2. The second-order valence-corrected chi connectivity index (χ2v) is 4.10. The summed E-state index contributed by atoms with van der Waals surface area (Å²) in [5.74, 6) is 0.697. The standard InChI is InChI=1S/C8H12N2S/c1-2-6-3-8(6,9)7-4-10-5-11-7/h4-6H,2-3,9H2,1H3. The Balaban J connectivity index is 2.19. The number of aromatic nitrogens is 1. The lowest BCUT2D eigenvalue weighted by Gasteiger charge is -2.05. The molecule has 2 atom stereocenters. The molecule has 1 saturated carbocycles. The topological polar surface area (TPSA) is 38.9 Å². The van der Waals surface area contributed by atoms with E-state index in [1.54, 1.807) is 11.3 Å². The van der Waals surface area contributed by atoms with Gasteiger partial charge in [-0.2, -0.15) is 0 Å². The zero-order valence-corrected chi connectivity index (χ0v) is 7.40. The van der Waals surface area contributed by atoms with Gasteiger partial charge in [0.25, 0.3) is 0 Å². The smallest absolute Gasteiger partial charge is 0.0794 e. The highest BCUT2D eigenvalue weighted by Gasteiger charge is 2.51.